The molecule has 0 saturated carbocycles. The van der Waals surface area contributed by atoms with Crippen LogP contribution in [0.3, 0.4) is 0 Å². The van der Waals surface area contributed by atoms with Gasteiger partial charge in [-0.1, -0.05) is 5.18 Å². The lowest BCUT2D eigenvalue weighted by Crippen LogP contribution is -2.40. The summed E-state index contributed by atoms with van der Waals surface area (Å²) in [6, 6.07) is -0.233. The molecule has 1 aromatic rings. The van der Waals surface area contributed by atoms with E-state index in [0.29, 0.717) is 6.04 Å². The van der Waals surface area contributed by atoms with E-state index in [1.807, 2.05) is 11.6 Å². The van der Waals surface area contributed by atoms with E-state index >= 15 is 0 Å². The normalized spacial score (nSPS) is 30.6. The van der Waals surface area contributed by atoms with E-state index in [1.54, 1.807) is 11.1 Å². The van der Waals surface area contributed by atoms with Gasteiger partial charge in [-0.05, 0) is 20.9 Å². The topological polar surface area (TPSA) is 70.8 Å². The Hall–Kier alpha value is -1.76. The Morgan fingerprint density at radius 3 is 2.80 bits per heavy atom. The third-order valence-electron chi connectivity index (χ3n) is 4.53. The van der Waals surface area contributed by atoms with Crippen LogP contribution in [0.4, 0.5) is 5.69 Å². The standard InChI is InChI=1S/C13H19N5O2/c1-8-6-17-12(7-16(8)3)11(5-14-17)18-9(2)10(15-20)4-13(18)19/h5,8-10H,4,6-7H2,1-3H3/t8-,9?,10?/m0/s1. The van der Waals surface area contributed by atoms with Crippen LogP contribution in [0.1, 0.15) is 26.0 Å². The smallest absolute Gasteiger partial charge is 0.229 e. The van der Waals surface area contributed by atoms with Gasteiger partial charge < -0.3 is 4.90 Å². The number of nitroso groups, excluding NO2 is 1. The molecule has 0 spiro atoms. The van der Waals surface area contributed by atoms with Crippen molar-refractivity contribution in [2.75, 3.05) is 11.9 Å². The molecule has 20 heavy (non-hydrogen) atoms. The predicted octanol–water partition coefficient (Wildman–Crippen LogP) is 0.977. The Kier molecular flexibility index (Phi) is 3.08. The van der Waals surface area contributed by atoms with Gasteiger partial charge >= 0.3 is 0 Å². The number of hydrogen-bond donors (Lipinski definition) is 0. The van der Waals surface area contributed by atoms with Gasteiger partial charge in [0, 0.05) is 12.6 Å². The Labute approximate surface area is 117 Å². The Morgan fingerprint density at radius 1 is 1.40 bits per heavy atom. The lowest BCUT2D eigenvalue weighted by Gasteiger charge is -2.32. The summed E-state index contributed by atoms with van der Waals surface area (Å²) in [5, 5.41) is 7.46. The van der Waals surface area contributed by atoms with Crippen LogP contribution in [0, 0.1) is 4.91 Å². The minimum atomic E-state index is -0.460. The molecule has 0 aromatic carbocycles. The number of amides is 1. The highest BCUT2D eigenvalue weighted by Crippen LogP contribution is 2.33. The van der Waals surface area contributed by atoms with Crippen molar-refractivity contribution in [2.24, 2.45) is 5.18 Å². The highest BCUT2D eigenvalue weighted by molar-refractivity contribution is 5.97. The SMILES string of the molecule is CC1C(N=O)CC(=O)N1c1cnn2c1CN(C)[C@@H](C)C2. The highest BCUT2D eigenvalue weighted by atomic mass is 16.3. The summed E-state index contributed by atoms with van der Waals surface area (Å²) in [5.74, 6) is -0.0424. The zero-order chi connectivity index (χ0) is 14.4. The van der Waals surface area contributed by atoms with Crippen LogP contribution in [0.2, 0.25) is 0 Å². The van der Waals surface area contributed by atoms with Gasteiger partial charge in [-0.3, -0.25) is 14.4 Å². The maximum absolute atomic E-state index is 12.2. The first-order valence-electron chi connectivity index (χ1n) is 6.92. The quantitative estimate of drug-likeness (QED) is 0.755. The molecule has 3 atom stereocenters. The molecule has 0 bridgehead atoms. The van der Waals surface area contributed by atoms with Gasteiger partial charge in [0.2, 0.25) is 5.91 Å². The van der Waals surface area contributed by atoms with Crippen LogP contribution < -0.4 is 4.90 Å². The maximum Gasteiger partial charge on any atom is 0.229 e. The second kappa shape index (κ2) is 4.66. The Morgan fingerprint density at radius 2 is 2.15 bits per heavy atom. The van der Waals surface area contributed by atoms with Crippen molar-refractivity contribution in [1.29, 1.82) is 0 Å². The molecule has 2 aliphatic rings. The number of likely N-dealkylation sites (N-methyl/N-ethyl adjacent to an activating group) is 1. The first-order chi connectivity index (χ1) is 9.52. The lowest BCUT2D eigenvalue weighted by atomic mass is 10.1. The molecule has 0 N–H and O–H groups in total. The molecule has 3 rings (SSSR count). The van der Waals surface area contributed by atoms with Crippen LogP contribution in [0.5, 0.6) is 0 Å². The van der Waals surface area contributed by atoms with Crippen molar-refractivity contribution < 1.29 is 4.79 Å². The van der Waals surface area contributed by atoms with Crippen molar-refractivity contribution in [3.63, 3.8) is 0 Å². The molecular weight excluding hydrogens is 258 g/mol. The molecule has 7 heteroatoms. The van der Waals surface area contributed by atoms with Crippen LogP contribution in [-0.4, -0.2) is 45.8 Å². The van der Waals surface area contributed by atoms with Crippen LogP contribution in [-0.2, 0) is 17.9 Å². The van der Waals surface area contributed by atoms with Gasteiger partial charge in [0.25, 0.3) is 0 Å². The summed E-state index contributed by atoms with van der Waals surface area (Å²) >= 11 is 0. The number of fused-ring (bicyclic) bond motifs is 1. The maximum atomic E-state index is 12.2. The van der Waals surface area contributed by atoms with Gasteiger partial charge in [-0.2, -0.15) is 10.0 Å². The average Bonchev–Trinajstić information content (AvgIpc) is 2.91. The number of carbonyl (C=O) groups is 1. The first-order valence-corrected chi connectivity index (χ1v) is 6.92. The minimum absolute atomic E-state index is 0.0424. The minimum Gasteiger partial charge on any atom is -0.304 e. The third kappa shape index (κ3) is 1.84. The first kappa shape index (κ1) is 13.2. The van der Waals surface area contributed by atoms with Crippen molar-refractivity contribution >= 4 is 11.6 Å². The van der Waals surface area contributed by atoms with Gasteiger partial charge in [-0.25, -0.2) is 0 Å². The average molecular weight is 277 g/mol. The van der Waals surface area contributed by atoms with Crippen LogP contribution >= 0.6 is 0 Å². The molecule has 2 unspecified atom stereocenters. The van der Waals surface area contributed by atoms with E-state index in [-0.39, 0.29) is 18.4 Å². The molecule has 1 saturated heterocycles. The Bertz CT molecular complexity index is 555. The largest absolute Gasteiger partial charge is 0.304 e. The monoisotopic (exact) mass is 277 g/mol. The van der Waals surface area contributed by atoms with Crippen molar-refractivity contribution in [3.05, 3.63) is 16.8 Å². The van der Waals surface area contributed by atoms with Gasteiger partial charge in [0.15, 0.2) is 0 Å². The van der Waals surface area contributed by atoms with Gasteiger partial charge in [0.05, 0.1) is 36.6 Å². The molecular formula is C13H19N5O2. The second-order valence-electron chi connectivity index (χ2n) is 5.80. The number of nitrogens with zero attached hydrogens (tertiary/aromatic N) is 5. The highest BCUT2D eigenvalue weighted by Gasteiger charge is 2.41. The number of aromatic nitrogens is 2. The van der Waals surface area contributed by atoms with E-state index in [4.69, 9.17) is 0 Å². The Balaban J connectivity index is 1.96. The van der Waals surface area contributed by atoms with Gasteiger partial charge in [0.1, 0.15) is 6.04 Å². The number of anilines is 1. The fourth-order valence-electron chi connectivity index (χ4n) is 3.03. The molecule has 108 valence electrons. The molecule has 1 fully saturated rings. The summed E-state index contributed by atoms with van der Waals surface area (Å²) in [6.45, 7) is 5.60. The molecule has 3 heterocycles. The fraction of sp³-hybridized carbons (Fsp3) is 0.692. The van der Waals surface area contributed by atoms with E-state index in [1.165, 1.54) is 0 Å². The molecule has 1 aromatic heterocycles. The molecule has 0 radical (unpaired) electrons. The van der Waals surface area contributed by atoms with E-state index in [2.05, 4.69) is 29.1 Å². The van der Waals surface area contributed by atoms with E-state index < -0.39 is 6.04 Å². The summed E-state index contributed by atoms with van der Waals surface area (Å²) < 4.78 is 1.96. The van der Waals surface area contributed by atoms with E-state index in [0.717, 1.165) is 24.5 Å². The number of carbonyl (C=O) groups excluding carboxylic acids is 1. The lowest BCUT2D eigenvalue weighted by molar-refractivity contribution is -0.117. The molecule has 1 amide bonds. The molecule has 7 nitrogen and oxygen atoms in total. The zero-order valence-corrected chi connectivity index (χ0v) is 12.0. The summed E-state index contributed by atoms with van der Waals surface area (Å²) in [6.07, 6.45) is 1.93. The van der Waals surface area contributed by atoms with Crippen LogP contribution in [0.15, 0.2) is 11.4 Å². The fourth-order valence-corrected chi connectivity index (χ4v) is 3.03. The zero-order valence-electron chi connectivity index (χ0n) is 12.0. The third-order valence-corrected chi connectivity index (χ3v) is 4.53. The van der Waals surface area contributed by atoms with E-state index in [9.17, 15) is 9.70 Å². The van der Waals surface area contributed by atoms with Gasteiger partial charge in [-0.15, -0.1) is 0 Å². The summed E-state index contributed by atoms with van der Waals surface area (Å²) in [4.78, 5) is 26.9. The predicted molar refractivity (Wildman–Crippen MR) is 74.3 cm³/mol. The van der Waals surface area contributed by atoms with Crippen LogP contribution in [0.25, 0.3) is 0 Å². The molecule has 2 aliphatic heterocycles. The molecule has 0 aliphatic carbocycles. The van der Waals surface area contributed by atoms with Crippen molar-refractivity contribution in [2.45, 2.75) is 51.5 Å². The summed E-state index contributed by atoms with van der Waals surface area (Å²) in [5.41, 5.74) is 1.87. The van der Waals surface area contributed by atoms with Crippen molar-refractivity contribution in [1.82, 2.24) is 14.7 Å². The van der Waals surface area contributed by atoms with Crippen molar-refractivity contribution in [3.8, 4) is 0 Å². The summed E-state index contributed by atoms with van der Waals surface area (Å²) in [7, 11) is 2.07. The number of hydrogen-bond acceptors (Lipinski definition) is 5. The number of rotatable bonds is 2. The second-order valence-corrected chi connectivity index (χ2v) is 5.80.